The van der Waals surface area contributed by atoms with Crippen LogP contribution in [0.15, 0.2) is 24.3 Å². The standard InChI is InChI=1S/C22H30O/c1-21-13-10-17-16-7-3-2-6-15(16)8-9-18(17)19(21)14-22(20(21)23)11-4-5-12-22/h2-3,6-7,17-20,23H,4-5,8-14H2,1H3/t17-,18-,19+,20?,21+/m1/s1. The fourth-order valence-electron chi connectivity index (χ4n) is 7.40. The molecule has 1 N–H and O–H groups in total. The van der Waals surface area contributed by atoms with Crippen molar-refractivity contribution in [3.05, 3.63) is 35.4 Å². The third-order valence-electron chi connectivity index (χ3n) is 8.51. The Bertz CT molecular complexity index is 614. The second kappa shape index (κ2) is 4.85. The Balaban J connectivity index is 1.53. The van der Waals surface area contributed by atoms with Crippen LogP contribution in [0, 0.1) is 22.7 Å². The van der Waals surface area contributed by atoms with E-state index in [2.05, 4.69) is 31.2 Å². The summed E-state index contributed by atoms with van der Waals surface area (Å²) in [5, 5.41) is 11.3. The fraction of sp³-hybridized carbons (Fsp3) is 0.727. The van der Waals surface area contributed by atoms with Gasteiger partial charge < -0.3 is 5.11 Å². The molecule has 0 bridgehead atoms. The summed E-state index contributed by atoms with van der Waals surface area (Å²) in [6.07, 6.45) is 11.7. The number of rotatable bonds is 0. The zero-order valence-electron chi connectivity index (χ0n) is 14.4. The predicted octanol–water partition coefficient (Wildman–Crippen LogP) is 5.07. The highest BCUT2D eigenvalue weighted by molar-refractivity contribution is 5.35. The number of aryl methyl sites for hydroxylation is 1. The highest BCUT2D eigenvalue weighted by atomic mass is 16.3. The average molecular weight is 310 g/mol. The number of aliphatic hydroxyl groups excluding tert-OH is 1. The molecule has 0 aliphatic heterocycles. The Kier molecular flexibility index (Phi) is 3.06. The summed E-state index contributed by atoms with van der Waals surface area (Å²) in [5.74, 6) is 2.34. The SMILES string of the molecule is C[C@]12CC[C@@H]3c4ccccc4CC[C@H]3[C@@H]1CC1(CCCC1)C2O. The first-order valence-electron chi connectivity index (χ1n) is 9.90. The van der Waals surface area contributed by atoms with Crippen LogP contribution >= 0.6 is 0 Å². The van der Waals surface area contributed by atoms with E-state index < -0.39 is 0 Å². The summed E-state index contributed by atoms with van der Waals surface area (Å²) in [5.41, 5.74) is 3.72. The summed E-state index contributed by atoms with van der Waals surface area (Å²) >= 11 is 0. The Morgan fingerprint density at radius 1 is 1.04 bits per heavy atom. The molecule has 0 amide bonds. The molecular weight excluding hydrogens is 280 g/mol. The lowest BCUT2D eigenvalue weighted by Crippen LogP contribution is -2.45. The number of benzene rings is 1. The average Bonchev–Trinajstić information content (AvgIpc) is 3.13. The van der Waals surface area contributed by atoms with Crippen LogP contribution in [0.25, 0.3) is 0 Å². The molecule has 5 atom stereocenters. The molecule has 3 saturated carbocycles. The maximum absolute atomic E-state index is 11.3. The number of hydrogen-bond donors (Lipinski definition) is 1. The van der Waals surface area contributed by atoms with Crippen LogP contribution in [0.1, 0.15) is 75.3 Å². The highest BCUT2D eigenvalue weighted by Crippen LogP contribution is 2.68. The van der Waals surface area contributed by atoms with Gasteiger partial charge in [0.2, 0.25) is 0 Å². The smallest absolute Gasteiger partial charge is 0.0652 e. The van der Waals surface area contributed by atoms with Gasteiger partial charge in [0, 0.05) is 0 Å². The first kappa shape index (κ1) is 14.5. The minimum absolute atomic E-state index is 0.0411. The van der Waals surface area contributed by atoms with E-state index in [0.29, 0.717) is 0 Å². The molecule has 1 nitrogen and oxygen atoms in total. The van der Waals surface area contributed by atoms with Crippen molar-refractivity contribution in [2.45, 2.75) is 76.7 Å². The van der Waals surface area contributed by atoms with Gasteiger partial charge in [0.25, 0.3) is 0 Å². The Hall–Kier alpha value is -0.820. The lowest BCUT2D eigenvalue weighted by Gasteiger charge is -2.50. The van der Waals surface area contributed by atoms with Crippen LogP contribution in [0.2, 0.25) is 0 Å². The zero-order valence-corrected chi connectivity index (χ0v) is 14.4. The van der Waals surface area contributed by atoms with Gasteiger partial charge in [-0.3, -0.25) is 0 Å². The first-order chi connectivity index (χ1) is 11.1. The number of hydrogen-bond acceptors (Lipinski definition) is 1. The molecule has 4 aliphatic rings. The number of aliphatic hydroxyl groups is 1. The largest absolute Gasteiger partial charge is 0.392 e. The second-order valence-corrected chi connectivity index (χ2v) is 9.33. The molecule has 1 aromatic rings. The lowest BCUT2D eigenvalue weighted by atomic mass is 9.55. The van der Waals surface area contributed by atoms with E-state index in [1.54, 1.807) is 11.1 Å². The predicted molar refractivity (Wildman–Crippen MR) is 93.3 cm³/mol. The third-order valence-corrected chi connectivity index (χ3v) is 8.51. The van der Waals surface area contributed by atoms with E-state index in [0.717, 1.165) is 17.8 Å². The summed E-state index contributed by atoms with van der Waals surface area (Å²) in [7, 11) is 0. The molecule has 5 rings (SSSR count). The van der Waals surface area contributed by atoms with E-state index in [4.69, 9.17) is 0 Å². The van der Waals surface area contributed by atoms with Gasteiger partial charge in [-0.2, -0.15) is 0 Å². The van der Waals surface area contributed by atoms with Crippen molar-refractivity contribution in [2.24, 2.45) is 22.7 Å². The highest BCUT2D eigenvalue weighted by Gasteiger charge is 2.63. The topological polar surface area (TPSA) is 20.2 Å². The number of fused-ring (bicyclic) bond motifs is 5. The Labute approximate surface area is 140 Å². The Morgan fingerprint density at radius 2 is 1.83 bits per heavy atom. The van der Waals surface area contributed by atoms with Crippen molar-refractivity contribution in [3.63, 3.8) is 0 Å². The normalized spacial score (nSPS) is 43.9. The van der Waals surface area contributed by atoms with Crippen LogP contribution in [-0.2, 0) is 6.42 Å². The van der Waals surface area contributed by atoms with Crippen molar-refractivity contribution in [1.82, 2.24) is 0 Å². The molecule has 1 aromatic carbocycles. The minimum atomic E-state index is -0.0411. The first-order valence-corrected chi connectivity index (χ1v) is 9.90. The summed E-state index contributed by atoms with van der Waals surface area (Å²) in [4.78, 5) is 0. The van der Waals surface area contributed by atoms with Crippen molar-refractivity contribution in [2.75, 3.05) is 0 Å². The molecule has 23 heavy (non-hydrogen) atoms. The monoisotopic (exact) mass is 310 g/mol. The van der Waals surface area contributed by atoms with Gasteiger partial charge in [-0.15, -0.1) is 0 Å². The lowest BCUT2D eigenvalue weighted by molar-refractivity contribution is -0.0530. The van der Waals surface area contributed by atoms with Gasteiger partial charge in [0.15, 0.2) is 0 Å². The van der Waals surface area contributed by atoms with Gasteiger partial charge in [-0.05, 0) is 84.7 Å². The van der Waals surface area contributed by atoms with E-state index in [1.165, 1.54) is 57.8 Å². The second-order valence-electron chi connectivity index (χ2n) is 9.33. The molecule has 1 heteroatoms. The van der Waals surface area contributed by atoms with Crippen LogP contribution in [0.4, 0.5) is 0 Å². The van der Waals surface area contributed by atoms with Gasteiger partial charge in [0.05, 0.1) is 6.10 Å². The van der Waals surface area contributed by atoms with Gasteiger partial charge >= 0.3 is 0 Å². The maximum Gasteiger partial charge on any atom is 0.0652 e. The fourth-order valence-corrected chi connectivity index (χ4v) is 7.40. The van der Waals surface area contributed by atoms with E-state index in [9.17, 15) is 5.11 Å². The molecule has 0 heterocycles. The molecular formula is C22H30O. The molecule has 124 valence electrons. The zero-order chi connectivity index (χ0) is 15.7. The summed E-state index contributed by atoms with van der Waals surface area (Å²) in [6.45, 7) is 2.44. The quantitative estimate of drug-likeness (QED) is 0.709. The van der Waals surface area contributed by atoms with Crippen molar-refractivity contribution in [1.29, 1.82) is 0 Å². The van der Waals surface area contributed by atoms with Gasteiger partial charge in [-0.25, -0.2) is 0 Å². The maximum atomic E-state index is 11.3. The minimum Gasteiger partial charge on any atom is -0.392 e. The van der Waals surface area contributed by atoms with E-state index >= 15 is 0 Å². The van der Waals surface area contributed by atoms with Crippen molar-refractivity contribution >= 4 is 0 Å². The van der Waals surface area contributed by atoms with Crippen LogP contribution in [0.3, 0.4) is 0 Å². The molecule has 0 radical (unpaired) electrons. The molecule has 0 aromatic heterocycles. The molecule has 1 spiro atoms. The van der Waals surface area contributed by atoms with Gasteiger partial charge in [0.1, 0.15) is 0 Å². The molecule has 4 aliphatic carbocycles. The van der Waals surface area contributed by atoms with Crippen molar-refractivity contribution < 1.29 is 5.11 Å². The van der Waals surface area contributed by atoms with E-state index in [-0.39, 0.29) is 16.9 Å². The van der Waals surface area contributed by atoms with Crippen molar-refractivity contribution in [3.8, 4) is 0 Å². The van der Waals surface area contributed by atoms with Crippen LogP contribution in [-0.4, -0.2) is 11.2 Å². The van der Waals surface area contributed by atoms with E-state index in [1.807, 2.05) is 0 Å². The summed E-state index contributed by atoms with van der Waals surface area (Å²) in [6, 6.07) is 9.18. The van der Waals surface area contributed by atoms with Crippen LogP contribution < -0.4 is 0 Å². The molecule has 1 unspecified atom stereocenters. The van der Waals surface area contributed by atoms with Gasteiger partial charge in [-0.1, -0.05) is 44.0 Å². The Morgan fingerprint density at radius 3 is 2.65 bits per heavy atom. The van der Waals surface area contributed by atoms with Crippen LogP contribution in [0.5, 0.6) is 0 Å². The summed E-state index contributed by atoms with van der Waals surface area (Å²) < 4.78 is 0. The molecule has 3 fully saturated rings. The third kappa shape index (κ3) is 1.83. The molecule has 0 saturated heterocycles.